The Hall–Kier alpha value is -4.49. The molecule has 8 heteroatoms. The summed E-state index contributed by atoms with van der Waals surface area (Å²) in [5.74, 6) is -1.28. The van der Waals surface area contributed by atoms with Crippen LogP contribution in [0.4, 0.5) is 11.4 Å². The minimum Gasteiger partial charge on any atom is -0.486 e. The first-order chi connectivity index (χ1) is 18.4. The quantitative estimate of drug-likeness (QED) is 0.319. The number of ether oxygens (including phenoxy) is 2. The van der Waals surface area contributed by atoms with E-state index in [1.54, 1.807) is 66.7 Å². The van der Waals surface area contributed by atoms with Crippen molar-refractivity contribution >= 4 is 34.9 Å². The molecule has 0 aliphatic carbocycles. The average Bonchev–Trinajstić information content (AvgIpc) is 2.93. The molecule has 0 saturated carbocycles. The molecule has 38 heavy (non-hydrogen) atoms. The lowest BCUT2D eigenvalue weighted by atomic mass is 9.79. The van der Waals surface area contributed by atoms with Gasteiger partial charge in [-0.3, -0.25) is 14.5 Å². The maximum absolute atomic E-state index is 14.0. The summed E-state index contributed by atoms with van der Waals surface area (Å²) in [5.41, 5.74) is 10.0. The molecule has 4 aromatic rings. The molecule has 0 spiro atoms. The van der Waals surface area contributed by atoms with Crippen molar-refractivity contribution in [2.45, 2.75) is 12.0 Å². The van der Waals surface area contributed by atoms with Gasteiger partial charge in [0, 0.05) is 22.5 Å². The van der Waals surface area contributed by atoms with Crippen LogP contribution in [-0.4, -0.2) is 30.2 Å². The van der Waals surface area contributed by atoms with Crippen molar-refractivity contribution in [2.24, 2.45) is 0 Å². The highest BCUT2D eigenvalue weighted by atomic mass is 35.5. The van der Waals surface area contributed by atoms with Gasteiger partial charge < -0.3 is 20.3 Å². The Morgan fingerprint density at radius 3 is 2.37 bits per heavy atom. The molecule has 0 saturated heterocycles. The van der Waals surface area contributed by atoms with E-state index in [0.717, 1.165) is 11.1 Å². The first kappa shape index (κ1) is 23.9. The van der Waals surface area contributed by atoms with E-state index in [1.165, 1.54) is 4.90 Å². The Kier molecular flexibility index (Phi) is 5.93. The third-order valence-corrected chi connectivity index (χ3v) is 7.28. The van der Waals surface area contributed by atoms with Crippen LogP contribution in [0.3, 0.4) is 0 Å². The standard InChI is InChI=1S/C30H23ClN2O5/c31-24-16-20(10-11-21(24)17-5-8-19(32)9-6-17)33-28(18-7-12-25-26(15-18)38-14-13-37-25)27(30(35)36)22-3-1-2-4-23(22)29(33)34/h1-12,15-16,27-28H,13-14,32H2,(H,35,36)/t27-,28+/m1/s1. The monoisotopic (exact) mass is 526 g/mol. The van der Waals surface area contributed by atoms with E-state index in [2.05, 4.69) is 0 Å². The number of carboxylic acids is 1. The second-order valence-corrected chi connectivity index (χ2v) is 9.62. The number of fused-ring (bicyclic) bond motifs is 2. The third kappa shape index (κ3) is 4.01. The predicted molar refractivity (Wildman–Crippen MR) is 145 cm³/mol. The number of carbonyl (C=O) groups excluding carboxylic acids is 1. The summed E-state index contributed by atoms with van der Waals surface area (Å²) in [6.45, 7) is 0.821. The maximum atomic E-state index is 14.0. The summed E-state index contributed by atoms with van der Waals surface area (Å²) in [6.07, 6.45) is 0. The highest BCUT2D eigenvalue weighted by Gasteiger charge is 2.45. The predicted octanol–water partition coefficient (Wildman–Crippen LogP) is 5.93. The molecule has 190 valence electrons. The zero-order valence-corrected chi connectivity index (χ0v) is 20.9. The normalized spacial score (nSPS) is 18.1. The second-order valence-electron chi connectivity index (χ2n) is 9.21. The SMILES string of the molecule is Nc1ccc(-c2ccc(N3C(=O)c4ccccc4[C@@H](C(=O)O)[C@@H]3c3ccc4c(c3)OCCO4)cc2Cl)cc1. The zero-order chi connectivity index (χ0) is 26.4. The number of anilines is 2. The maximum Gasteiger partial charge on any atom is 0.313 e. The van der Waals surface area contributed by atoms with Crippen LogP contribution < -0.4 is 20.1 Å². The summed E-state index contributed by atoms with van der Waals surface area (Å²) >= 11 is 6.74. The Labute approximate surface area is 224 Å². The molecular weight excluding hydrogens is 504 g/mol. The number of aliphatic carboxylic acids is 1. The average molecular weight is 527 g/mol. The lowest BCUT2D eigenvalue weighted by molar-refractivity contribution is -0.139. The number of nitrogen functional groups attached to an aromatic ring is 1. The fraction of sp³-hybridized carbons (Fsp3) is 0.133. The van der Waals surface area contributed by atoms with Gasteiger partial charge >= 0.3 is 5.97 Å². The molecule has 2 aliphatic rings. The molecular formula is C30H23ClN2O5. The molecule has 6 rings (SSSR count). The van der Waals surface area contributed by atoms with Crippen molar-refractivity contribution < 1.29 is 24.2 Å². The van der Waals surface area contributed by atoms with Crippen LogP contribution in [0.5, 0.6) is 11.5 Å². The highest BCUT2D eigenvalue weighted by molar-refractivity contribution is 6.33. The number of carboxylic acid groups (broad SMARTS) is 1. The van der Waals surface area contributed by atoms with Crippen molar-refractivity contribution in [2.75, 3.05) is 23.8 Å². The summed E-state index contributed by atoms with van der Waals surface area (Å²) in [6, 6.07) is 23.9. The van der Waals surface area contributed by atoms with Gasteiger partial charge in [0.15, 0.2) is 11.5 Å². The minimum atomic E-state index is -1.04. The van der Waals surface area contributed by atoms with Gasteiger partial charge in [-0.15, -0.1) is 0 Å². The van der Waals surface area contributed by atoms with Crippen LogP contribution in [-0.2, 0) is 4.79 Å². The van der Waals surface area contributed by atoms with Crippen LogP contribution in [0, 0.1) is 0 Å². The molecule has 2 heterocycles. The van der Waals surface area contributed by atoms with Crippen LogP contribution >= 0.6 is 11.6 Å². The zero-order valence-electron chi connectivity index (χ0n) is 20.1. The number of hydrogen-bond acceptors (Lipinski definition) is 5. The molecule has 2 aliphatic heterocycles. The van der Waals surface area contributed by atoms with E-state index in [-0.39, 0.29) is 5.91 Å². The second kappa shape index (κ2) is 9.43. The van der Waals surface area contributed by atoms with Gasteiger partial charge in [-0.1, -0.05) is 54.1 Å². The van der Waals surface area contributed by atoms with Gasteiger partial charge in [-0.25, -0.2) is 0 Å². The van der Waals surface area contributed by atoms with Gasteiger partial charge in [0.1, 0.15) is 19.1 Å². The van der Waals surface area contributed by atoms with Crippen molar-refractivity contribution in [3.8, 4) is 22.6 Å². The first-order valence-corrected chi connectivity index (χ1v) is 12.5. The smallest absolute Gasteiger partial charge is 0.313 e. The number of rotatable bonds is 4. The number of halogens is 1. The molecule has 1 amide bonds. The van der Waals surface area contributed by atoms with E-state index < -0.39 is 17.9 Å². The molecule has 0 aromatic heterocycles. The molecule has 0 bridgehead atoms. The Morgan fingerprint density at radius 2 is 1.63 bits per heavy atom. The lowest BCUT2D eigenvalue weighted by Crippen LogP contribution is -2.45. The number of amides is 1. The lowest BCUT2D eigenvalue weighted by Gasteiger charge is -2.41. The van der Waals surface area contributed by atoms with Crippen molar-refractivity contribution in [3.05, 3.63) is 107 Å². The third-order valence-electron chi connectivity index (χ3n) is 6.97. The topological polar surface area (TPSA) is 102 Å². The van der Waals surface area contributed by atoms with Gasteiger partial charge in [-0.2, -0.15) is 0 Å². The Morgan fingerprint density at radius 1 is 0.895 bits per heavy atom. The van der Waals surface area contributed by atoms with E-state index in [0.29, 0.717) is 57.8 Å². The summed E-state index contributed by atoms with van der Waals surface area (Å²) in [5, 5.41) is 10.9. The van der Waals surface area contributed by atoms with E-state index in [4.69, 9.17) is 26.8 Å². The van der Waals surface area contributed by atoms with Gasteiger partial charge in [0.05, 0.1) is 11.1 Å². The number of nitrogens with zero attached hydrogens (tertiary/aromatic N) is 1. The van der Waals surface area contributed by atoms with Crippen LogP contribution in [0.25, 0.3) is 11.1 Å². The fourth-order valence-corrected chi connectivity index (χ4v) is 5.50. The van der Waals surface area contributed by atoms with E-state index >= 15 is 0 Å². The van der Waals surface area contributed by atoms with E-state index in [9.17, 15) is 14.7 Å². The largest absolute Gasteiger partial charge is 0.486 e. The van der Waals surface area contributed by atoms with E-state index in [1.807, 2.05) is 18.2 Å². The summed E-state index contributed by atoms with van der Waals surface area (Å²) in [4.78, 5) is 28.3. The molecule has 3 N–H and O–H groups in total. The number of nitrogens with two attached hydrogens (primary N) is 1. The molecule has 2 atom stereocenters. The van der Waals surface area contributed by atoms with Gasteiger partial charge in [-0.05, 0) is 59.2 Å². The molecule has 0 fully saturated rings. The Balaban J connectivity index is 1.52. The van der Waals surface area contributed by atoms with Crippen LogP contribution in [0.2, 0.25) is 5.02 Å². The molecule has 0 radical (unpaired) electrons. The molecule has 0 unspecified atom stereocenters. The summed E-state index contributed by atoms with van der Waals surface area (Å²) < 4.78 is 11.4. The van der Waals surface area contributed by atoms with Gasteiger partial charge in [0.25, 0.3) is 5.91 Å². The Bertz CT molecular complexity index is 1570. The van der Waals surface area contributed by atoms with Crippen LogP contribution in [0.15, 0.2) is 84.9 Å². The number of benzene rings is 4. The summed E-state index contributed by atoms with van der Waals surface area (Å²) in [7, 11) is 0. The molecule has 7 nitrogen and oxygen atoms in total. The number of carbonyl (C=O) groups is 2. The minimum absolute atomic E-state index is 0.311. The first-order valence-electron chi connectivity index (χ1n) is 12.1. The number of hydrogen-bond donors (Lipinski definition) is 2. The highest BCUT2D eigenvalue weighted by Crippen LogP contribution is 2.47. The van der Waals surface area contributed by atoms with Crippen molar-refractivity contribution in [1.82, 2.24) is 0 Å². The fourth-order valence-electron chi connectivity index (χ4n) is 5.22. The van der Waals surface area contributed by atoms with Crippen LogP contribution in [0.1, 0.15) is 33.4 Å². The van der Waals surface area contributed by atoms with Crippen molar-refractivity contribution in [3.63, 3.8) is 0 Å². The van der Waals surface area contributed by atoms with Gasteiger partial charge in [0.2, 0.25) is 0 Å². The molecule has 4 aromatic carbocycles. The van der Waals surface area contributed by atoms with Crippen molar-refractivity contribution in [1.29, 1.82) is 0 Å².